The summed E-state index contributed by atoms with van der Waals surface area (Å²) in [6, 6.07) is 24.5. The molecular weight excluding hydrogens is 440 g/mol. The standard InChI is InChI=1S/C25H19BrN2O2/c1-17-24(18-8-4-2-5-9-18)25(30)27-23(28(17)21-10-6-3-7-11-21)15-12-19-16-20(26)13-14-22(19)29/h2-16,29H,1H3/b15-12-. The number of aromatic hydroxyl groups is 1. The van der Waals surface area contributed by atoms with Gasteiger partial charge in [0.2, 0.25) is 0 Å². The van der Waals surface area contributed by atoms with Gasteiger partial charge in [0.1, 0.15) is 11.6 Å². The van der Waals surface area contributed by atoms with Crippen molar-refractivity contribution in [3.05, 3.63) is 111 Å². The minimum absolute atomic E-state index is 0.153. The first-order valence-corrected chi connectivity index (χ1v) is 10.2. The molecule has 4 nitrogen and oxygen atoms in total. The first-order chi connectivity index (χ1) is 14.5. The van der Waals surface area contributed by atoms with Crippen molar-refractivity contribution in [2.45, 2.75) is 6.92 Å². The van der Waals surface area contributed by atoms with E-state index in [4.69, 9.17) is 0 Å². The first kappa shape index (κ1) is 19.9. The van der Waals surface area contributed by atoms with Crippen LogP contribution in [0.5, 0.6) is 5.75 Å². The highest BCUT2D eigenvalue weighted by atomic mass is 79.9. The smallest absolute Gasteiger partial charge is 0.281 e. The van der Waals surface area contributed by atoms with E-state index in [2.05, 4.69) is 20.9 Å². The summed E-state index contributed by atoms with van der Waals surface area (Å²) in [5.74, 6) is 0.642. The van der Waals surface area contributed by atoms with Crippen LogP contribution in [0.2, 0.25) is 0 Å². The zero-order chi connectivity index (χ0) is 21.1. The molecule has 5 heteroatoms. The third kappa shape index (κ3) is 3.98. The SMILES string of the molecule is Cc1c(-c2ccccc2)c(=O)nc(/C=C\c2cc(Br)ccc2O)n1-c1ccccc1. The van der Waals surface area contributed by atoms with Gasteiger partial charge >= 0.3 is 0 Å². The van der Waals surface area contributed by atoms with Crippen molar-refractivity contribution in [1.29, 1.82) is 0 Å². The molecule has 1 heterocycles. The minimum atomic E-state index is -0.288. The van der Waals surface area contributed by atoms with Gasteiger partial charge in [-0.15, -0.1) is 0 Å². The Hall–Kier alpha value is -3.44. The van der Waals surface area contributed by atoms with Crippen molar-refractivity contribution in [1.82, 2.24) is 9.55 Å². The lowest BCUT2D eigenvalue weighted by atomic mass is 10.1. The second-order valence-electron chi connectivity index (χ2n) is 6.81. The molecule has 1 N–H and O–H groups in total. The van der Waals surface area contributed by atoms with Crippen molar-refractivity contribution in [3.8, 4) is 22.6 Å². The van der Waals surface area contributed by atoms with E-state index in [0.29, 0.717) is 17.0 Å². The van der Waals surface area contributed by atoms with Gasteiger partial charge < -0.3 is 5.11 Å². The van der Waals surface area contributed by atoms with Gasteiger partial charge in [-0.05, 0) is 55.0 Å². The molecule has 0 amide bonds. The molecule has 0 aliphatic rings. The molecule has 1 aromatic heterocycles. The maximum Gasteiger partial charge on any atom is 0.281 e. The monoisotopic (exact) mass is 458 g/mol. The van der Waals surface area contributed by atoms with Crippen LogP contribution in [0.4, 0.5) is 0 Å². The van der Waals surface area contributed by atoms with E-state index < -0.39 is 0 Å². The second-order valence-corrected chi connectivity index (χ2v) is 7.72. The lowest BCUT2D eigenvalue weighted by Gasteiger charge is -2.17. The van der Waals surface area contributed by atoms with Gasteiger partial charge in [0.25, 0.3) is 5.56 Å². The zero-order valence-electron chi connectivity index (χ0n) is 16.3. The fraction of sp³-hybridized carbons (Fsp3) is 0.0400. The van der Waals surface area contributed by atoms with Gasteiger partial charge in [-0.25, -0.2) is 0 Å². The minimum Gasteiger partial charge on any atom is -0.507 e. The van der Waals surface area contributed by atoms with E-state index in [1.54, 1.807) is 24.3 Å². The van der Waals surface area contributed by atoms with Crippen LogP contribution < -0.4 is 5.56 Å². The van der Waals surface area contributed by atoms with E-state index in [0.717, 1.165) is 21.4 Å². The Labute approximate surface area is 182 Å². The van der Waals surface area contributed by atoms with Crippen LogP contribution in [0.25, 0.3) is 29.0 Å². The van der Waals surface area contributed by atoms with Gasteiger partial charge in [0, 0.05) is 21.4 Å². The summed E-state index contributed by atoms with van der Waals surface area (Å²) < 4.78 is 2.80. The number of aromatic nitrogens is 2. The number of para-hydroxylation sites is 1. The lowest BCUT2D eigenvalue weighted by molar-refractivity contribution is 0.474. The largest absolute Gasteiger partial charge is 0.507 e. The van der Waals surface area contributed by atoms with Crippen molar-refractivity contribution in [3.63, 3.8) is 0 Å². The predicted octanol–water partition coefficient (Wildman–Crippen LogP) is 5.85. The van der Waals surface area contributed by atoms with Crippen molar-refractivity contribution in [2.75, 3.05) is 0 Å². The maximum absolute atomic E-state index is 13.0. The van der Waals surface area contributed by atoms with E-state index in [1.807, 2.05) is 78.2 Å². The summed E-state index contributed by atoms with van der Waals surface area (Å²) in [7, 11) is 0. The van der Waals surface area contributed by atoms with Crippen molar-refractivity contribution in [2.24, 2.45) is 0 Å². The zero-order valence-corrected chi connectivity index (χ0v) is 17.9. The fourth-order valence-corrected chi connectivity index (χ4v) is 3.80. The summed E-state index contributed by atoms with van der Waals surface area (Å²) in [5.41, 5.74) is 3.44. The summed E-state index contributed by atoms with van der Waals surface area (Å²) >= 11 is 3.42. The van der Waals surface area contributed by atoms with Gasteiger partial charge in [-0.2, -0.15) is 4.98 Å². The number of benzene rings is 3. The average Bonchev–Trinajstić information content (AvgIpc) is 2.75. The Balaban J connectivity index is 1.94. The average molecular weight is 459 g/mol. The van der Waals surface area contributed by atoms with Crippen LogP contribution >= 0.6 is 15.9 Å². The third-order valence-electron chi connectivity index (χ3n) is 4.83. The van der Waals surface area contributed by atoms with Crippen LogP contribution in [0.1, 0.15) is 17.1 Å². The van der Waals surface area contributed by atoms with Crippen LogP contribution in [-0.4, -0.2) is 14.7 Å². The molecule has 3 aromatic carbocycles. The molecule has 0 atom stereocenters. The Morgan fingerprint density at radius 3 is 2.30 bits per heavy atom. The highest BCUT2D eigenvalue weighted by Crippen LogP contribution is 2.26. The van der Waals surface area contributed by atoms with Crippen LogP contribution in [0.3, 0.4) is 0 Å². The molecule has 0 bridgehead atoms. The summed E-state index contributed by atoms with van der Waals surface area (Å²) in [4.78, 5) is 17.3. The Bertz CT molecular complexity index is 1280. The molecule has 0 aliphatic heterocycles. The molecule has 0 saturated carbocycles. The Kier molecular flexibility index (Phi) is 5.63. The van der Waals surface area contributed by atoms with Gasteiger partial charge in [0.15, 0.2) is 0 Å². The molecule has 148 valence electrons. The molecule has 0 unspecified atom stereocenters. The summed E-state index contributed by atoms with van der Waals surface area (Å²) in [5, 5.41) is 10.1. The molecule has 0 spiro atoms. The number of hydrogen-bond donors (Lipinski definition) is 1. The van der Waals surface area contributed by atoms with Crippen molar-refractivity contribution >= 4 is 28.1 Å². The molecular formula is C25H19BrN2O2. The number of phenolic OH excluding ortho intramolecular Hbond substituents is 1. The number of hydrogen-bond acceptors (Lipinski definition) is 3. The number of phenols is 1. The number of halogens is 1. The topological polar surface area (TPSA) is 55.1 Å². The van der Waals surface area contributed by atoms with Crippen LogP contribution in [-0.2, 0) is 0 Å². The quantitative estimate of drug-likeness (QED) is 0.417. The van der Waals surface area contributed by atoms with E-state index in [-0.39, 0.29) is 11.3 Å². The van der Waals surface area contributed by atoms with Crippen molar-refractivity contribution < 1.29 is 5.11 Å². The molecule has 30 heavy (non-hydrogen) atoms. The summed E-state index contributed by atoms with van der Waals surface area (Å²) in [6.45, 7) is 1.92. The van der Waals surface area contributed by atoms with E-state index >= 15 is 0 Å². The maximum atomic E-state index is 13.0. The molecule has 4 rings (SSSR count). The van der Waals surface area contributed by atoms with Crippen LogP contribution in [0, 0.1) is 6.92 Å². The molecule has 4 aromatic rings. The van der Waals surface area contributed by atoms with Gasteiger partial charge in [0.05, 0.1) is 5.56 Å². The Morgan fingerprint density at radius 2 is 1.60 bits per heavy atom. The van der Waals surface area contributed by atoms with Crippen LogP contribution in [0.15, 0.2) is 88.1 Å². The predicted molar refractivity (Wildman–Crippen MR) is 125 cm³/mol. The van der Waals surface area contributed by atoms with E-state index in [9.17, 15) is 9.90 Å². The molecule has 0 radical (unpaired) electrons. The Morgan fingerprint density at radius 1 is 0.933 bits per heavy atom. The van der Waals surface area contributed by atoms with Gasteiger partial charge in [-0.3, -0.25) is 9.36 Å². The second kappa shape index (κ2) is 8.51. The highest BCUT2D eigenvalue weighted by Gasteiger charge is 2.15. The third-order valence-corrected chi connectivity index (χ3v) is 5.33. The lowest BCUT2D eigenvalue weighted by Crippen LogP contribution is -2.20. The molecule has 0 saturated heterocycles. The van der Waals surface area contributed by atoms with E-state index in [1.165, 1.54) is 0 Å². The molecule has 0 fully saturated rings. The number of rotatable bonds is 4. The highest BCUT2D eigenvalue weighted by molar-refractivity contribution is 9.10. The molecule has 0 aliphatic carbocycles. The van der Waals surface area contributed by atoms with Gasteiger partial charge in [-0.1, -0.05) is 64.5 Å². The number of nitrogens with zero attached hydrogens (tertiary/aromatic N) is 2. The fourth-order valence-electron chi connectivity index (χ4n) is 3.42. The summed E-state index contributed by atoms with van der Waals surface area (Å²) in [6.07, 6.45) is 3.50. The normalized spacial score (nSPS) is 11.1. The first-order valence-electron chi connectivity index (χ1n) is 9.45.